The second-order valence-corrected chi connectivity index (χ2v) is 9.17. The van der Waals surface area contributed by atoms with Crippen molar-refractivity contribution in [3.05, 3.63) is 101 Å². The van der Waals surface area contributed by atoms with Crippen LogP contribution in [0.3, 0.4) is 0 Å². The Morgan fingerprint density at radius 1 is 1.00 bits per heavy atom. The summed E-state index contributed by atoms with van der Waals surface area (Å²) in [6.45, 7) is 1.62. The molecule has 0 saturated carbocycles. The van der Waals surface area contributed by atoms with Gasteiger partial charge in [-0.3, -0.25) is 4.79 Å². The number of rotatable bonds is 9. The van der Waals surface area contributed by atoms with Gasteiger partial charge in [-0.05, 0) is 48.7 Å². The van der Waals surface area contributed by atoms with E-state index in [1.54, 1.807) is 12.1 Å². The minimum atomic E-state index is -3.89. The lowest BCUT2D eigenvalue weighted by Gasteiger charge is -2.21. The number of nitrogens with zero attached hydrogens (tertiary/aromatic N) is 2. The zero-order chi connectivity index (χ0) is 23.0. The predicted octanol–water partition coefficient (Wildman–Crippen LogP) is 3.52. The van der Waals surface area contributed by atoms with Crippen molar-refractivity contribution in [2.45, 2.75) is 18.2 Å². The summed E-state index contributed by atoms with van der Waals surface area (Å²) in [5.41, 5.74) is 4.84. The molecule has 8 heteroatoms. The van der Waals surface area contributed by atoms with Crippen LogP contribution in [0.2, 0.25) is 0 Å². The first-order valence-corrected chi connectivity index (χ1v) is 11.5. The number of amides is 1. The summed E-state index contributed by atoms with van der Waals surface area (Å²) in [4.78, 5) is 12.6. The highest BCUT2D eigenvalue weighted by molar-refractivity contribution is 7.89. The van der Waals surface area contributed by atoms with E-state index in [-0.39, 0.29) is 23.8 Å². The standard InChI is InChI=1S/C24H24FN3O3S/c1-19-7-13-23(14-8-19)32(30,31)28(16-15-20-5-3-2-4-6-20)18-24(29)27-26-17-21-9-11-22(25)12-10-21/h2-14,17H,15-16,18H2,1H3,(H,27,29)/b26-17-. The van der Waals surface area contributed by atoms with E-state index in [1.165, 1.54) is 42.6 Å². The minimum Gasteiger partial charge on any atom is -0.272 e. The Hall–Kier alpha value is -3.36. The Labute approximate surface area is 187 Å². The first-order valence-electron chi connectivity index (χ1n) is 10.0. The van der Waals surface area contributed by atoms with Gasteiger partial charge in [0.25, 0.3) is 5.91 Å². The van der Waals surface area contributed by atoms with Crippen LogP contribution in [0.4, 0.5) is 4.39 Å². The third kappa shape index (κ3) is 6.57. The maximum Gasteiger partial charge on any atom is 0.255 e. The average Bonchev–Trinajstić information content (AvgIpc) is 2.79. The van der Waals surface area contributed by atoms with Crippen molar-refractivity contribution >= 4 is 22.1 Å². The Kier molecular flexibility index (Phi) is 7.86. The van der Waals surface area contributed by atoms with Crippen molar-refractivity contribution in [3.63, 3.8) is 0 Å². The first-order chi connectivity index (χ1) is 15.3. The van der Waals surface area contributed by atoms with Gasteiger partial charge in [0.2, 0.25) is 10.0 Å². The Bertz CT molecular complexity index is 1160. The van der Waals surface area contributed by atoms with Crippen molar-refractivity contribution in [2.75, 3.05) is 13.1 Å². The molecule has 0 spiro atoms. The second-order valence-electron chi connectivity index (χ2n) is 7.23. The molecule has 6 nitrogen and oxygen atoms in total. The molecule has 3 rings (SSSR count). The summed E-state index contributed by atoms with van der Waals surface area (Å²) in [7, 11) is -3.89. The molecule has 0 radical (unpaired) electrons. The van der Waals surface area contributed by atoms with Gasteiger partial charge in [0.1, 0.15) is 5.82 Å². The van der Waals surface area contributed by atoms with Crippen molar-refractivity contribution in [1.29, 1.82) is 0 Å². The molecule has 0 aromatic heterocycles. The van der Waals surface area contributed by atoms with Crippen LogP contribution in [0.1, 0.15) is 16.7 Å². The Balaban J connectivity index is 1.72. The highest BCUT2D eigenvalue weighted by Gasteiger charge is 2.26. The zero-order valence-electron chi connectivity index (χ0n) is 17.6. The number of halogens is 1. The summed E-state index contributed by atoms with van der Waals surface area (Å²) in [5.74, 6) is -0.950. The SMILES string of the molecule is Cc1ccc(S(=O)(=O)N(CCc2ccccc2)CC(=O)N/N=C\c2ccc(F)cc2)cc1. The largest absolute Gasteiger partial charge is 0.272 e. The molecule has 0 aliphatic heterocycles. The van der Waals surface area contributed by atoms with Gasteiger partial charge in [0.15, 0.2) is 0 Å². The molecule has 3 aromatic rings. The number of hydrazone groups is 1. The lowest BCUT2D eigenvalue weighted by Crippen LogP contribution is -2.40. The topological polar surface area (TPSA) is 78.8 Å². The number of hydrogen-bond donors (Lipinski definition) is 1. The van der Waals surface area contributed by atoms with Crippen molar-refractivity contribution < 1.29 is 17.6 Å². The van der Waals surface area contributed by atoms with E-state index in [1.807, 2.05) is 37.3 Å². The number of benzene rings is 3. The highest BCUT2D eigenvalue weighted by Crippen LogP contribution is 2.17. The summed E-state index contributed by atoms with van der Waals surface area (Å²) < 4.78 is 40.5. The van der Waals surface area contributed by atoms with Crippen LogP contribution >= 0.6 is 0 Å². The predicted molar refractivity (Wildman–Crippen MR) is 122 cm³/mol. The number of hydrogen-bond acceptors (Lipinski definition) is 4. The number of sulfonamides is 1. The van der Waals surface area contributed by atoms with E-state index in [9.17, 15) is 17.6 Å². The van der Waals surface area contributed by atoms with Crippen LogP contribution in [-0.2, 0) is 21.2 Å². The molecule has 0 aliphatic carbocycles. The van der Waals surface area contributed by atoms with Crippen molar-refractivity contribution in [3.8, 4) is 0 Å². The maximum absolute atomic E-state index is 13.2. The van der Waals surface area contributed by atoms with Crippen LogP contribution < -0.4 is 5.43 Å². The molecule has 32 heavy (non-hydrogen) atoms. The van der Waals surface area contributed by atoms with E-state index in [0.717, 1.165) is 15.4 Å². The van der Waals surface area contributed by atoms with E-state index in [0.29, 0.717) is 12.0 Å². The molecule has 0 fully saturated rings. The van der Waals surface area contributed by atoms with E-state index in [2.05, 4.69) is 10.5 Å². The summed E-state index contributed by atoms with van der Waals surface area (Å²) in [5, 5.41) is 3.84. The highest BCUT2D eigenvalue weighted by atomic mass is 32.2. The lowest BCUT2D eigenvalue weighted by molar-refractivity contribution is -0.121. The molecule has 0 unspecified atom stereocenters. The fourth-order valence-electron chi connectivity index (χ4n) is 2.97. The molecule has 1 N–H and O–H groups in total. The van der Waals surface area contributed by atoms with Crippen LogP contribution in [-0.4, -0.2) is 37.9 Å². The fourth-order valence-corrected chi connectivity index (χ4v) is 4.36. The van der Waals surface area contributed by atoms with E-state index in [4.69, 9.17) is 0 Å². The van der Waals surface area contributed by atoms with Gasteiger partial charge >= 0.3 is 0 Å². The quantitative estimate of drug-likeness (QED) is 0.398. The first kappa shape index (κ1) is 23.3. The zero-order valence-corrected chi connectivity index (χ0v) is 18.4. The molecule has 166 valence electrons. The van der Waals surface area contributed by atoms with Crippen LogP contribution in [0.5, 0.6) is 0 Å². The summed E-state index contributed by atoms with van der Waals surface area (Å²) >= 11 is 0. The number of nitrogens with one attached hydrogen (secondary N) is 1. The molecule has 0 saturated heterocycles. The normalized spacial score (nSPS) is 11.7. The molecule has 0 atom stereocenters. The minimum absolute atomic E-state index is 0.124. The lowest BCUT2D eigenvalue weighted by atomic mass is 10.1. The number of aryl methyl sites for hydroxylation is 1. The van der Waals surface area contributed by atoms with E-state index >= 15 is 0 Å². The molecule has 1 amide bonds. The molecule has 0 heterocycles. The molecular formula is C24H24FN3O3S. The Morgan fingerprint density at radius 2 is 1.66 bits per heavy atom. The fraction of sp³-hybridized carbons (Fsp3) is 0.167. The molecule has 3 aromatic carbocycles. The Morgan fingerprint density at radius 3 is 2.31 bits per heavy atom. The van der Waals surface area contributed by atoms with Crippen molar-refractivity contribution in [2.24, 2.45) is 5.10 Å². The van der Waals surface area contributed by atoms with Gasteiger partial charge < -0.3 is 0 Å². The van der Waals surface area contributed by atoms with Gasteiger partial charge in [-0.25, -0.2) is 18.2 Å². The third-order valence-corrected chi connectivity index (χ3v) is 6.60. The number of carbonyl (C=O) groups is 1. The van der Waals surface area contributed by atoms with Gasteiger partial charge in [-0.1, -0.05) is 60.2 Å². The number of carbonyl (C=O) groups excluding carboxylic acids is 1. The van der Waals surface area contributed by atoms with Crippen LogP contribution in [0, 0.1) is 12.7 Å². The third-order valence-electron chi connectivity index (χ3n) is 4.74. The smallest absolute Gasteiger partial charge is 0.255 e. The van der Waals surface area contributed by atoms with Crippen LogP contribution in [0.15, 0.2) is 88.9 Å². The molecular weight excluding hydrogens is 429 g/mol. The van der Waals surface area contributed by atoms with Gasteiger partial charge in [-0.15, -0.1) is 0 Å². The van der Waals surface area contributed by atoms with Gasteiger partial charge in [-0.2, -0.15) is 9.41 Å². The average molecular weight is 454 g/mol. The summed E-state index contributed by atoms with van der Waals surface area (Å²) in [6, 6.07) is 21.5. The van der Waals surface area contributed by atoms with Gasteiger partial charge in [0.05, 0.1) is 17.7 Å². The monoisotopic (exact) mass is 453 g/mol. The molecule has 0 aliphatic rings. The van der Waals surface area contributed by atoms with Crippen LogP contribution in [0.25, 0.3) is 0 Å². The summed E-state index contributed by atoms with van der Waals surface area (Å²) in [6.07, 6.45) is 1.82. The van der Waals surface area contributed by atoms with Gasteiger partial charge in [0, 0.05) is 6.54 Å². The van der Waals surface area contributed by atoms with Crippen molar-refractivity contribution in [1.82, 2.24) is 9.73 Å². The molecule has 0 bridgehead atoms. The second kappa shape index (κ2) is 10.8. The van der Waals surface area contributed by atoms with E-state index < -0.39 is 15.9 Å². The maximum atomic E-state index is 13.2.